The zero-order valence-electron chi connectivity index (χ0n) is 11.6. The summed E-state index contributed by atoms with van der Waals surface area (Å²) in [5.41, 5.74) is 2.65. The molecule has 104 valence electrons. The maximum Gasteiger partial charge on any atom is 0.164 e. The molecule has 5 nitrogen and oxygen atoms in total. The summed E-state index contributed by atoms with van der Waals surface area (Å²) in [5, 5.41) is 0. The first-order valence-electron chi connectivity index (χ1n) is 6.35. The van der Waals surface area contributed by atoms with Gasteiger partial charge < -0.3 is 14.2 Å². The normalized spacial score (nSPS) is 15.7. The number of rotatable bonds is 5. The van der Waals surface area contributed by atoms with Crippen molar-refractivity contribution in [3.05, 3.63) is 23.0 Å². The number of pyridine rings is 1. The maximum atomic E-state index is 12.0. The highest BCUT2D eigenvalue weighted by molar-refractivity contribution is 5.81. The molecule has 1 saturated heterocycles. The van der Waals surface area contributed by atoms with Crippen molar-refractivity contribution in [1.82, 2.24) is 4.98 Å². The summed E-state index contributed by atoms with van der Waals surface area (Å²) >= 11 is 0. The third-order valence-corrected chi connectivity index (χ3v) is 3.20. The summed E-state index contributed by atoms with van der Waals surface area (Å²) in [4.78, 5) is 16.3. The van der Waals surface area contributed by atoms with Crippen molar-refractivity contribution in [3.63, 3.8) is 0 Å². The average Bonchev–Trinajstić information content (AvgIpc) is 2.86. The van der Waals surface area contributed by atoms with E-state index >= 15 is 0 Å². The van der Waals surface area contributed by atoms with Crippen molar-refractivity contribution < 1.29 is 19.0 Å². The minimum Gasteiger partial charge on any atom is -0.496 e. The Bertz CT molecular complexity index is 467. The number of methoxy groups -OCH3 is 1. The van der Waals surface area contributed by atoms with Gasteiger partial charge in [0.2, 0.25) is 0 Å². The van der Waals surface area contributed by atoms with Gasteiger partial charge in [0.15, 0.2) is 6.29 Å². The van der Waals surface area contributed by atoms with Gasteiger partial charge in [0, 0.05) is 23.7 Å². The Morgan fingerprint density at radius 2 is 2.11 bits per heavy atom. The molecule has 1 fully saturated rings. The molecule has 1 aliphatic rings. The van der Waals surface area contributed by atoms with Gasteiger partial charge in [-0.1, -0.05) is 0 Å². The van der Waals surface area contributed by atoms with Gasteiger partial charge in [0.05, 0.1) is 32.4 Å². The van der Waals surface area contributed by atoms with Gasteiger partial charge in [-0.05, 0) is 13.8 Å². The lowest BCUT2D eigenvalue weighted by Crippen LogP contribution is -2.17. The number of hydrogen-bond acceptors (Lipinski definition) is 5. The lowest BCUT2D eigenvalue weighted by atomic mass is 10.1. The number of aromatic nitrogens is 1. The highest BCUT2D eigenvalue weighted by atomic mass is 16.7. The summed E-state index contributed by atoms with van der Waals surface area (Å²) in [6.45, 7) is 4.98. The Morgan fingerprint density at radius 1 is 1.42 bits per heavy atom. The van der Waals surface area contributed by atoms with Crippen LogP contribution in [-0.2, 0) is 20.7 Å². The lowest BCUT2D eigenvalue weighted by molar-refractivity contribution is -0.126. The zero-order chi connectivity index (χ0) is 13.8. The fraction of sp³-hybridized carbons (Fsp3) is 0.571. The van der Waals surface area contributed by atoms with Gasteiger partial charge in [-0.15, -0.1) is 0 Å². The van der Waals surface area contributed by atoms with Gasteiger partial charge in [-0.25, -0.2) is 0 Å². The summed E-state index contributed by atoms with van der Waals surface area (Å²) in [5.74, 6) is 0.861. The largest absolute Gasteiger partial charge is 0.496 e. The number of carbonyl (C=O) groups excluding carboxylic acids is 1. The minimum atomic E-state index is -0.389. The molecule has 0 amide bonds. The molecule has 0 atom stereocenters. The summed E-state index contributed by atoms with van der Waals surface area (Å²) in [6.07, 6.45) is 1.90. The molecule has 19 heavy (non-hydrogen) atoms. The predicted molar refractivity (Wildman–Crippen MR) is 69.3 cm³/mol. The number of ether oxygens (including phenoxy) is 3. The van der Waals surface area contributed by atoms with Crippen LogP contribution in [0.3, 0.4) is 0 Å². The van der Waals surface area contributed by atoms with Crippen LogP contribution in [0.1, 0.15) is 23.2 Å². The van der Waals surface area contributed by atoms with Crippen LogP contribution in [0.5, 0.6) is 5.75 Å². The Kier molecular flexibility index (Phi) is 4.50. The highest BCUT2D eigenvalue weighted by Gasteiger charge is 2.21. The van der Waals surface area contributed by atoms with E-state index in [0.29, 0.717) is 13.2 Å². The van der Waals surface area contributed by atoms with E-state index in [9.17, 15) is 4.79 Å². The standard InChI is InChI=1S/C14H19NO4/c1-9-8-15-12(10(2)14(9)17-3)6-11(16)7-13-18-4-5-19-13/h8,13H,4-7H2,1-3H3. The number of Topliss-reactive ketones (excluding diaryl/α,β-unsaturated/α-hetero) is 1. The smallest absolute Gasteiger partial charge is 0.164 e. The number of aryl methyl sites for hydroxylation is 1. The van der Waals surface area contributed by atoms with Gasteiger partial charge >= 0.3 is 0 Å². The maximum absolute atomic E-state index is 12.0. The van der Waals surface area contributed by atoms with Crippen molar-refractivity contribution in [1.29, 1.82) is 0 Å². The number of ketones is 1. The molecular weight excluding hydrogens is 246 g/mol. The third kappa shape index (κ3) is 3.30. The van der Waals surface area contributed by atoms with Gasteiger partial charge in [0.25, 0.3) is 0 Å². The van der Waals surface area contributed by atoms with Crippen LogP contribution in [0.15, 0.2) is 6.20 Å². The molecule has 1 aliphatic heterocycles. The lowest BCUT2D eigenvalue weighted by Gasteiger charge is -2.12. The molecule has 0 N–H and O–H groups in total. The van der Waals surface area contributed by atoms with E-state index in [2.05, 4.69) is 4.98 Å². The fourth-order valence-corrected chi connectivity index (χ4v) is 2.22. The molecule has 0 saturated carbocycles. The number of nitrogens with zero attached hydrogens (tertiary/aromatic N) is 1. The molecular formula is C14H19NO4. The molecule has 5 heteroatoms. The first-order valence-corrected chi connectivity index (χ1v) is 6.35. The second-order valence-electron chi connectivity index (χ2n) is 4.64. The monoisotopic (exact) mass is 265 g/mol. The van der Waals surface area contributed by atoms with Crippen molar-refractivity contribution >= 4 is 5.78 Å². The summed E-state index contributed by atoms with van der Waals surface area (Å²) in [7, 11) is 1.63. The van der Waals surface area contributed by atoms with Gasteiger partial charge in [0.1, 0.15) is 11.5 Å². The summed E-state index contributed by atoms with van der Waals surface area (Å²) < 4.78 is 15.9. The Morgan fingerprint density at radius 3 is 2.74 bits per heavy atom. The van der Waals surface area contributed by atoms with E-state index in [1.54, 1.807) is 13.3 Å². The van der Waals surface area contributed by atoms with E-state index in [4.69, 9.17) is 14.2 Å². The van der Waals surface area contributed by atoms with Crippen molar-refractivity contribution in [2.75, 3.05) is 20.3 Å². The first-order chi connectivity index (χ1) is 9.11. The van der Waals surface area contributed by atoms with Gasteiger partial charge in [-0.2, -0.15) is 0 Å². The van der Waals surface area contributed by atoms with E-state index in [0.717, 1.165) is 22.6 Å². The second-order valence-corrected chi connectivity index (χ2v) is 4.64. The molecule has 2 heterocycles. The number of hydrogen-bond donors (Lipinski definition) is 0. The van der Waals surface area contributed by atoms with E-state index < -0.39 is 0 Å². The molecule has 2 rings (SSSR count). The Labute approximate surface area is 112 Å². The first kappa shape index (κ1) is 14.0. The molecule has 0 bridgehead atoms. The van der Waals surface area contributed by atoms with Crippen LogP contribution in [0.25, 0.3) is 0 Å². The van der Waals surface area contributed by atoms with Crippen LogP contribution >= 0.6 is 0 Å². The molecule has 0 unspecified atom stereocenters. The predicted octanol–water partition coefficient (Wildman–Crippen LogP) is 1.58. The van der Waals surface area contributed by atoms with E-state index in [-0.39, 0.29) is 24.9 Å². The second kappa shape index (κ2) is 6.12. The van der Waals surface area contributed by atoms with Crippen LogP contribution in [0.4, 0.5) is 0 Å². The quantitative estimate of drug-likeness (QED) is 0.809. The van der Waals surface area contributed by atoms with Gasteiger partial charge in [-0.3, -0.25) is 9.78 Å². The SMILES string of the molecule is COc1c(C)cnc(CC(=O)CC2OCCO2)c1C. The van der Waals surface area contributed by atoms with E-state index in [1.165, 1.54) is 0 Å². The topological polar surface area (TPSA) is 57.7 Å². The van der Waals surface area contributed by atoms with Crippen molar-refractivity contribution in [2.24, 2.45) is 0 Å². The Balaban J connectivity index is 2.04. The third-order valence-electron chi connectivity index (χ3n) is 3.20. The zero-order valence-corrected chi connectivity index (χ0v) is 11.6. The summed E-state index contributed by atoms with van der Waals surface area (Å²) in [6, 6.07) is 0. The Hall–Kier alpha value is -1.46. The van der Waals surface area contributed by atoms with Crippen LogP contribution in [-0.4, -0.2) is 37.4 Å². The molecule has 0 aromatic carbocycles. The van der Waals surface area contributed by atoms with Crippen LogP contribution in [0, 0.1) is 13.8 Å². The van der Waals surface area contributed by atoms with Crippen LogP contribution in [0.2, 0.25) is 0 Å². The van der Waals surface area contributed by atoms with Crippen molar-refractivity contribution in [3.8, 4) is 5.75 Å². The number of carbonyl (C=O) groups is 1. The van der Waals surface area contributed by atoms with Crippen molar-refractivity contribution in [2.45, 2.75) is 33.0 Å². The molecule has 0 radical (unpaired) electrons. The van der Waals surface area contributed by atoms with E-state index in [1.807, 2.05) is 13.8 Å². The molecule has 0 spiro atoms. The molecule has 1 aromatic rings. The molecule has 1 aromatic heterocycles. The van der Waals surface area contributed by atoms with Crippen LogP contribution < -0.4 is 4.74 Å². The molecule has 0 aliphatic carbocycles. The fourth-order valence-electron chi connectivity index (χ4n) is 2.22. The minimum absolute atomic E-state index is 0.0633. The average molecular weight is 265 g/mol. The highest BCUT2D eigenvalue weighted by Crippen LogP contribution is 2.24.